The second kappa shape index (κ2) is 12.2. The number of carbonyl (C=O) groups is 2. The first-order valence-corrected chi connectivity index (χ1v) is 13.7. The number of carbonyl (C=O) groups excluding carboxylic acids is 1. The van der Waals surface area contributed by atoms with E-state index < -0.39 is 23.4 Å². The quantitative estimate of drug-likeness (QED) is 0.485. The summed E-state index contributed by atoms with van der Waals surface area (Å²) in [6, 6.07) is 10.8. The highest BCUT2D eigenvalue weighted by Crippen LogP contribution is 2.39. The number of ether oxygens (including phenoxy) is 1. The van der Waals surface area contributed by atoms with Crippen LogP contribution in [-0.4, -0.2) is 53.7 Å². The Balaban J connectivity index is 1.80. The largest absolute Gasteiger partial charge is 0.487 e. The minimum Gasteiger partial charge on any atom is -0.487 e. The number of benzene rings is 2. The molecule has 4 rings (SSSR count). The number of aliphatic hydroxyl groups is 1. The summed E-state index contributed by atoms with van der Waals surface area (Å²) < 4.78 is 6.33. The number of fused-ring (bicyclic) bond motifs is 2. The third-order valence-corrected chi connectivity index (χ3v) is 7.94. The monoisotopic (exact) mass is 540 g/mol. The molecule has 8 heteroatoms. The van der Waals surface area contributed by atoms with E-state index in [9.17, 15) is 19.8 Å². The zero-order chi connectivity index (χ0) is 27.3. The Kier molecular flexibility index (Phi) is 9.00. The van der Waals surface area contributed by atoms with Crippen molar-refractivity contribution in [3.63, 3.8) is 0 Å². The number of likely N-dealkylation sites (N-methyl/N-ethyl adjacent to an activating group) is 1. The molecule has 2 aliphatic rings. The molecule has 0 aliphatic carbocycles. The molecule has 2 aromatic carbocycles. The Morgan fingerprint density at radius 1 is 1.05 bits per heavy atom. The number of hydrogen-bond acceptors (Lipinski definition) is 5. The van der Waals surface area contributed by atoms with Crippen LogP contribution in [0.2, 0.25) is 5.02 Å². The highest BCUT2D eigenvalue weighted by Gasteiger charge is 2.48. The highest BCUT2D eigenvalue weighted by atomic mass is 35.5. The first-order chi connectivity index (χ1) is 18.2. The number of aliphatic carboxylic acids is 1. The van der Waals surface area contributed by atoms with Crippen LogP contribution in [0.5, 0.6) is 5.75 Å². The van der Waals surface area contributed by atoms with Crippen molar-refractivity contribution in [2.24, 2.45) is 5.92 Å². The van der Waals surface area contributed by atoms with Gasteiger partial charge in [-0.15, -0.1) is 0 Å². The van der Waals surface area contributed by atoms with Gasteiger partial charge in [-0.3, -0.25) is 4.79 Å². The van der Waals surface area contributed by atoms with E-state index in [1.54, 1.807) is 25.2 Å². The topological polar surface area (TPSA) is 90.3 Å². The summed E-state index contributed by atoms with van der Waals surface area (Å²) in [7, 11) is 1.63. The van der Waals surface area contributed by atoms with Gasteiger partial charge in [0.05, 0.1) is 11.6 Å². The predicted molar refractivity (Wildman–Crippen MR) is 149 cm³/mol. The van der Waals surface area contributed by atoms with Crippen LogP contribution in [0, 0.1) is 5.92 Å². The third-order valence-electron chi connectivity index (χ3n) is 7.71. The lowest BCUT2D eigenvalue weighted by molar-refractivity contribution is -0.172. The number of amides is 1. The van der Waals surface area contributed by atoms with E-state index in [0.717, 1.165) is 62.9 Å². The number of hydrogen-bond donors (Lipinski definition) is 2. The van der Waals surface area contributed by atoms with Crippen LogP contribution in [0.15, 0.2) is 48.6 Å². The van der Waals surface area contributed by atoms with Crippen LogP contribution in [-0.2, 0) is 28.2 Å². The van der Waals surface area contributed by atoms with Crippen molar-refractivity contribution in [2.75, 3.05) is 31.6 Å². The van der Waals surface area contributed by atoms with E-state index in [1.165, 1.54) is 17.4 Å². The molecular weight excluding hydrogens is 504 g/mol. The number of carboxylic acids is 1. The smallest absolute Gasteiger partial charge is 0.341 e. The molecule has 2 aromatic rings. The Morgan fingerprint density at radius 2 is 1.82 bits per heavy atom. The van der Waals surface area contributed by atoms with Crippen molar-refractivity contribution in [3.05, 3.63) is 70.3 Å². The van der Waals surface area contributed by atoms with Crippen molar-refractivity contribution in [1.82, 2.24) is 4.90 Å². The SMILES string of the molecule is C[C@@H]1C(=O)N(C)C/C=C/CCCCN2CCCCc3cc(Cl)ccc3COc3ccc(cc32)[C@@]1(O)C(=O)O. The molecule has 2 N–H and O–H groups in total. The van der Waals surface area contributed by atoms with E-state index >= 15 is 0 Å². The average Bonchev–Trinajstić information content (AvgIpc) is 2.93. The second-order valence-electron chi connectivity index (χ2n) is 10.3. The maximum atomic E-state index is 13.2. The van der Waals surface area contributed by atoms with Gasteiger partial charge in [0.2, 0.25) is 5.91 Å². The summed E-state index contributed by atoms with van der Waals surface area (Å²) in [5, 5.41) is 22.5. The van der Waals surface area contributed by atoms with E-state index in [2.05, 4.69) is 11.0 Å². The van der Waals surface area contributed by atoms with Crippen molar-refractivity contribution in [2.45, 2.75) is 57.7 Å². The van der Waals surface area contributed by atoms with Crippen LogP contribution >= 0.6 is 11.6 Å². The molecule has 0 saturated heterocycles. The number of carboxylic acid groups (broad SMARTS) is 1. The first-order valence-electron chi connectivity index (χ1n) is 13.4. The Labute approximate surface area is 229 Å². The lowest BCUT2D eigenvalue weighted by Gasteiger charge is -2.34. The van der Waals surface area contributed by atoms with Gasteiger partial charge in [0.25, 0.3) is 0 Å². The van der Waals surface area contributed by atoms with Crippen LogP contribution < -0.4 is 9.64 Å². The lowest BCUT2D eigenvalue weighted by Crippen LogP contribution is -2.49. The van der Waals surface area contributed by atoms with Crippen LogP contribution in [0.4, 0.5) is 5.69 Å². The van der Waals surface area contributed by atoms with Gasteiger partial charge in [-0.1, -0.05) is 35.9 Å². The minimum atomic E-state index is -2.40. The van der Waals surface area contributed by atoms with Gasteiger partial charge >= 0.3 is 5.97 Å². The molecule has 2 atom stereocenters. The Morgan fingerprint density at radius 3 is 2.58 bits per heavy atom. The summed E-state index contributed by atoms with van der Waals surface area (Å²) in [6.45, 7) is 3.71. The average molecular weight is 541 g/mol. The van der Waals surface area contributed by atoms with Crippen molar-refractivity contribution in [1.29, 1.82) is 0 Å². The van der Waals surface area contributed by atoms with E-state index in [0.29, 0.717) is 23.9 Å². The molecule has 2 aliphatic heterocycles. The Bertz CT molecular complexity index is 1200. The first kappa shape index (κ1) is 28.0. The maximum Gasteiger partial charge on any atom is 0.341 e. The summed E-state index contributed by atoms with van der Waals surface area (Å²) in [4.78, 5) is 29.4. The molecular formula is C30H37ClN2O5. The number of rotatable bonds is 1. The van der Waals surface area contributed by atoms with Gasteiger partial charge in [-0.05, 0) is 86.4 Å². The number of nitrogens with zero attached hydrogens (tertiary/aromatic N) is 2. The lowest BCUT2D eigenvalue weighted by atomic mass is 9.81. The Hall–Kier alpha value is -3.03. The van der Waals surface area contributed by atoms with E-state index in [-0.39, 0.29) is 5.56 Å². The van der Waals surface area contributed by atoms with Crippen LogP contribution in [0.3, 0.4) is 0 Å². The van der Waals surface area contributed by atoms with Gasteiger partial charge in [0.1, 0.15) is 12.4 Å². The normalized spacial score (nSPS) is 24.2. The molecule has 0 fully saturated rings. The van der Waals surface area contributed by atoms with Gasteiger partial charge in [0.15, 0.2) is 5.60 Å². The minimum absolute atomic E-state index is 0.166. The van der Waals surface area contributed by atoms with Crippen LogP contribution in [0.1, 0.15) is 55.7 Å². The number of allylic oxidation sites excluding steroid dienone is 1. The molecule has 7 nitrogen and oxygen atoms in total. The molecule has 0 radical (unpaired) electrons. The molecule has 0 unspecified atom stereocenters. The van der Waals surface area contributed by atoms with Gasteiger partial charge in [-0.25, -0.2) is 4.79 Å². The van der Waals surface area contributed by atoms with Crippen molar-refractivity contribution in [3.8, 4) is 5.75 Å². The predicted octanol–water partition coefficient (Wildman–Crippen LogP) is 5.17. The van der Waals surface area contributed by atoms with Gasteiger partial charge in [0, 0.05) is 31.7 Å². The fraction of sp³-hybridized carbons (Fsp3) is 0.467. The van der Waals surface area contributed by atoms with Gasteiger partial charge < -0.3 is 24.7 Å². The number of halogens is 1. The highest BCUT2D eigenvalue weighted by molar-refractivity contribution is 6.30. The van der Waals surface area contributed by atoms with Crippen molar-refractivity contribution >= 4 is 29.2 Å². The molecule has 38 heavy (non-hydrogen) atoms. The summed E-state index contributed by atoms with van der Waals surface area (Å²) in [5.41, 5.74) is 0.734. The maximum absolute atomic E-state index is 13.2. The third kappa shape index (κ3) is 6.00. The summed E-state index contributed by atoms with van der Waals surface area (Å²) in [5.74, 6) is -2.48. The number of aryl methyl sites for hydroxylation is 1. The van der Waals surface area contributed by atoms with E-state index in [4.69, 9.17) is 16.3 Å². The fourth-order valence-electron chi connectivity index (χ4n) is 5.29. The molecule has 0 aromatic heterocycles. The number of anilines is 1. The molecule has 1 amide bonds. The zero-order valence-electron chi connectivity index (χ0n) is 22.2. The van der Waals surface area contributed by atoms with E-state index in [1.807, 2.05) is 24.3 Å². The standard InChI is InChI=1S/C30H37ClN2O5/c1-21-28(34)32(2)15-7-4-3-5-8-16-33-17-9-6-10-22-18-25(31)13-11-23(22)20-38-27-14-12-24(19-26(27)33)30(21,37)29(35)36/h4,7,11-14,18-19,21,37H,3,5-6,8-10,15-17,20H2,1-2H3,(H,35,36)/b7-4+/t21-,30-/m1/s1. The summed E-state index contributed by atoms with van der Waals surface area (Å²) in [6.07, 6.45) is 9.60. The van der Waals surface area contributed by atoms with Gasteiger partial charge in [-0.2, -0.15) is 0 Å². The fourth-order valence-corrected chi connectivity index (χ4v) is 5.49. The second-order valence-corrected chi connectivity index (χ2v) is 10.7. The van der Waals surface area contributed by atoms with Crippen molar-refractivity contribution < 1.29 is 24.5 Å². The molecule has 0 spiro atoms. The molecule has 204 valence electrons. The van der Waals surface area contributed by atoms with Crippen LogP contribution in [0.25, 0.3) is 0 Å². The zero-order valence-corrected chi connectivity index (χ0v) is 22.9. The molecule has 2 heterocycles. The molecule has 0 saturated carbocycles. The molecule has 2 bridgehead atoms. The summed E-state index contributed by atoms with van der Waals surface area (Å²) >= 11 is 6.27.